The van der Waals surface area contributed by atoms with Crippen molar-refractivity contribution >= 4 is 11.8 Å². The number of carbonyl (C=O) groups is 1. The van der Waals surface area contributed by atoms with Crippen molar-refractivity contribution in [3.05, 3.63) is 30.3 Å². The first-order valence-electron chi connectivity index (χ1n) is 4.95. The maximum atomic E-state index is 11.2. The standard InChI is InChI=1S/C11H13NO3/c13-11(14-7-6-10-8-15-10)12-9-4-2-1-3-5-9/h1-5,10H,6-8H2,(H,12,13). The number of epoxide rings is 1. The van der Waals surface area contributed by atoms with Crippen LogP contribution in [0.15, 0.2) is 30.3 Å². The van der Waals surface area contributed by atoms with Crippen LogP contribution in [0, 0.1) is 0 Å². The molecule has 0 aromatic heterocycles. The molecule has 80 valence electrons. The minimum Gasteiger partial charge on any atom is -0.449 e. The first-order chi connectivity index (χ1) is 7.34. The summed E-state index contributed by atoms with van der Waals surface area (Å²) in [5, 5.41) is 2.63. The van der Waals surface area contributed by atoms with Crippen LogP contribution in [-0.4, -0.2) is 25.4 Å². The Labute approximate surface area is 88.2 Å². The molecule has 4 heteroatoms. The molecular weight excluding hydrogens is 194 g/mol. The molecule has 1 heterocycles. The summed E-state index contributed by atoms with van der Waals surface area (Å²) in [4.78, 5) is 11.2. The van der Waals surface area contributed by atoms with Gasteiger partial charge in [0.15, 0.2) is 0 Å². The SMILES string of the molecule is O=C(Nc1ccccc1)OCCC1CO1. The molecule has 1 aliphatic heterocycles. The lowest BCUT2D eigenvalue weighted by Crippen LogP contribution is -2.14. The van der Waals surface area contributed by atoms with Crippen LogP contribution < -0.4 is 5.32 Å². The predicted molar refractivity (Wildman–Crippen MR) is 55.8 cm³/mol. The molecule has 4 nitrogen and oxygen atoms in total. The van der Waals surface area contributed by atoms with E-state index in [1.165, 1.54) is 0 Å². The highest BCUT2D eigenvalue weighted by molar-refractivity contribution is 5.84. The van der Waals surface area contributed by atoms with E-state index < -0.39 is 6.09 Å². The van der Waals surface area contributed by atoms with Crippen molar-refractivity contribution in [3.63, 3.8) is 0 Å². The minimum atomic E-state index is -0.415. The van der Waals surface area contributed by atoms with Crippen molar-refractivity contribution < 1.29 is 14.3 Å². The normalized spacial score (nSPS) is 18.3. The molecule has 2 rings (SSSR count). The quantitative estimate of drug-likeness (QED) is 0.768. The highest BCUT2D eigenvalue weighted by Gasteiger charge is 2.22. The van der Waals surface area contributed by atoms with Crippen LogP contribution in [0.25, 0.3) is 0 Å². The number of para-hydroxylation sites is 1. The third-order valence-electron chi connectivity index (χ3n) is 2.10. The zero-order valence-corrected chi connectivity index (χ0v) is 8.31. The molecule has 1 N–H and O–H groups in total. The van der Waals surface area contributed by atoms with Crippen molar-refractivity contribution in [1.82, 2.24) is 0 Å². The molecule has 0 aliphatic carbocycles. The van der Waals surface area contributed by atoms with Gasteiger partial charge in [-0.15, -0.1) is 0 Å². The number of amides is 1. The lowest BCUT2D eigenvalue weighted by molar-refractivity contribution is 0.156. The van der Waals surface area contributed by atoms with Crippen molar-refractivity contribution in [1.29, 1.82) is 0 Å². The molecule has 0 spiro atoms. The number of rotatable bonds is 4. The Hall–Kier alpha value is -1.55. The van der Waals surface area contributed by atoms with E-state index in [1.807, 2.05) is 30.3 Å². The average molecular weight is 207 g/mol. The second kappa shape index (κ2) is 4.79. The zero-order chi connectivity index (χ0) is 10.5. The van der Waals surface area contributed by atoms with Gasteiger partial charge in [-0.3, -0.25) is 5.32 Å². The van der Waals surface area contributed by atoms with Gasteiger partial charge in [0.25, 0.3) is 0 Å². The fraction of sp³-hybridized carbons (Fsp3) is 0.364. The predicted octanol–water partition coefficient (Wildman–Crippen LogP) is 2.02. The van der Waals surface area contributed by atoms with E-state index in [1.54, 1.807) is 0 Å². The average Bonchev–Trinajstić information content (AvgIpc) is 3.03. The highest BCUT2D eigenvalue weighted by atomic mass is 16.6. The van der Waals surface area contributed by atoms with Crippen LogP contribution in [-0.2, 0) is 9.47 Å². The molecule has 1 saturated heterocycles. The van der Waals surface area contributed by atoms with Crippen LogP contribution in [0.1, 0.15) is 6.42 Å². The summed E-state index contributed by atoms with van der Waals surface area (Å²) in [6.45, 7) is 1.20. The lowest BCUT2D eigenvalue weighted by atomic mass is 10.3. The van der Waals surface area contributed by atoms with Crippen molar-refractivity contribution in [3.8, 4) is 0 Å². The van der Waals surface area contributed by atoms with Gasteiger partial charge in [0.1, 0.15) is 0 Å². The molecule has 1 fully saturated rings. The molecule has 1 aliphatic rings. The van der Waals surface area contributed by atoms with E-state index in [0.717, 1.165) is 18.7 Å². The minimum absolute atomic E-state index is 0.300. The first kappa shape index (κ1) is 9.98. The Morgan fingerprint density at radius 2 is 2.20 bits per heavy atom. The molecule has 0 radical (unpaired) electrons. The fourth-order valence-electron chi connectivity index (χ4n) is 1.19. The Kier molecular flexibility index (Phi) is 3.19. The van der Waals surface area contributed by atoms with E-state index in [4.69, 9.17) is 9.47 Å². The number of hydrogen-bond donors (Lipinski definition) is 1. The third-order valence-corrected chi connectivity index (χ3v) is 2.10. The second-order valence-electron chi connectivity index (χ2n) is 3.37. The Morgan fingerprint density at radius 3 is 2.87 bits per heavy atom. The van der Waals surface area contributed by atoms with Gasteiger partial charge < -0.3 is 9.47 Å². The highest BCUT2D eigenvalue weighted by Crippen LogP contribution is 2.13. The van der Waals surface area contributed by atoms with E-state index in [9.17, 15) is 4.79 Å². The summed E-state index contributed by atoms with van der Waals surface area (Å²) >= 11 is 0. The maximum absolute atomic E-state index is 11.2. The molecule has 0 bridgehead atoms. The van der Waals surface area contributed by atoms with E-state index in [-0.39, 0.29) is 0 Å². The van der Waals surface area contributed by atoms with E-state index in [2.05, 4.69) is 5.32 Å². The van der Waals surface area contributed by atoms with Crippen LogP contribution in [0.3, 0.4) is 0 Å². The first-order valence-corrected chi connectivity index (χ1v) is 4.95. The Balaban J connectivity index is 1.67. The number of hydrogen-bond acceptors (Lipinski definition) is 3. The molecule has 0 saturated carbocycles. The molecule has 1 amide bonds. The van der Waals surface area contributed by atoms with Gasteiger partial charge in [0.2, 0.25) is 0 Å². The molecular formula is C11H13NO3. The van der Waals surface area contributed by atoms with Crippen LogP contribution >= 0.6 is 0 Å². The van der Waals surface area contributed by atoms with Gasteiger partial charge >= 0.3 is 6.09 Å². The third kappa shape index (κ3) is 3.59. The van der Waals surface area contributed by atoms with Crippen LogP contribution in [0.2, 0.25) is 0 Å². The summed E-state index contributed by atoms with van der Waals surface area (Å²) in [7, 11) is 0. The van der Waals surface area contributed by atoms with Crippen LogP contribution in [0.5, 0.6) is 0 Å². The summed E-state index contributed by atoms with van der Waals surface area (Å²) in [5.74, 6) is 0. The van der Waals surface area contributed by atoms with Gasteiger partial charge in [0, 0.05) is 12.1 Å². The number of ether oxygens (including phenoxy) is 2. The molecule has 15 heavy (non-hydrogen) atoms. The van der Waals surface area contributed by atoms with Gasteiger partial charge in [0.05, 0.1) is 19.3 Å². The number of anilines is 1. The molecule has 1 aromatic rings. The topological polar surface area (TPSA) is 50.9 Å². The summed E-state index contributed by atoms with van der Waals surface area (Å²) < 4.78 is 9.96. The van der Waals surface area contributed by atoms with Gasteiger partial charge in [-0.1, -0.05) is 18.2 Å². The van der Waals surface area contributed by atoms with Crippen molar-refractivity contribution in [2.75, 3.05) is 18.5 Å². The summed E-state index contributed by atoms with van der Waals surface area (Å²) in [6.07, 6.45) is 0.666. The molecule has 1 aromatic carbocycles. The van der Waals surface area contributed by atoms with E-state index >= 15 is 0 Å². The number of benzene rings is 1. The second-order valence-corrected chi connectivity index (χ2v) is 3.37. The van der Waals surface area contributed by atoms with Crippen molar-refractivity contribution in [2.24, 2.45) is 0 Å². The molecule has 1 atom stereocenters. The summed E-state index contributed by atoms with van der Waals surface area (Å²) in [5.41, 5.74) is 0.741. The monoisotopic (exact) mass is 207 g/mol. The Bertz CT molecular complexity index is 322. The van der Waals surface area contributed by atoms with Crippen molar-refractivity contribution in [2.45, 2.75) is 12.5 Å². The molecule has 1 unspecified atom stereocenters. The maximum Gasteiger partial charge on any atom is 0.411 e. The van der Waals surface area contributed by atoms with Gasteiger partial charge in [-0.05, 0) is 12.1 Å². The summed E-state index contributed by atoms with van der Waals surface area (Å²) in [6, 6.07) is 9.22. The number of nitrogens with one attached hydrogen (secondary N) is 1. The fourth-order valence-corrected chi connectivity index (χ4v) is 1.19. The van der Waals surface area contributed by atoms with E-state index in [0.29, 0.717) is 12.7 Å². The number of carbonyl (C=O) groups excluding carboxylic acids is 1. The van der Waals surface area contributed by atoms with Crippen LogP contribution in [0.4, 0.5) is 10.5 Å². The van der Waals surface area contributed by atoms with Gasteiger partial charge in [-0.2, -0.15) is 0 Å². The lowest BCUT2D eigenvalue weighted by Gasteiger charge is -2.05. The largest absolute Gasteiger partial charge is 0.449 e. The Morgan fingerprint density at radius 1 is 1.47 bits per heavy atom. The smallest absolute Gasteiger partial charge is 0.411 e. The van der Waals surface area contributed by atoms with Gasteiger partial charge in [-0.25, -0.2) is 4.79 Å². The zero-order valence-electron chi connectivity index (χ0n) is 8.31.